The molecule has 1 aromatic rings. The second-order valence-corrected chi connectivity index (χ2v) is 4.19. The number of carbonyl (C=O) groups excluding carboxylic acids is 2. The van der Waals surface area contributed by atoms with E-state index in [9.17, 15) is 9.59 Å². The van der Waals surface area contributed by atoms with Crippen LogP contribution in [0.25, 0.3) is 0 Å². The van der Waals surface area contributed by atoms with Gasteiger partial charge in [-0.05, 0) is 23.8 Å². The summed E-state index contributed by atoms with van der Waals surface area (Å²) in [6.45, 7) is 0.196. The van der Waals surface area contributed by atoms with E-state index >= 15 is 0 Å². The minimum atomic E-state index is -0.423. The van der Waals surface area contributed by atoms with Gasteiger partial charge in [0.1, 0.15) is 0 Å². The average molecular weight is 249 g/mol. The number of nitrogens with zero attached hydrogens (tertiary/aromatic N) is 1. The molecule has 0 spiro atoms. The highest BCUT2D eigenvalue weighted by atomic mass is 16.5. The first-order valence-corrected chi connectivity index (χ1v) is 5.81. The lowest BCUT2D eigenvalue weighted by Gasteiger charge is -2.10. The summed E-state index contributed by atoms with van der Waals surface area (Å²) >= 11 is 0. The Balaban J connectivity index is 2.11. The molecule has 1 aliphatic rings. The molecule has 96 valence electrons. The normalized spacial score (nSPS) is 13.7. The number of aliphatic hydroxyl groups excluding tert-OH is 1. The number of hydrogen-bond donors (Lipinski definition) is 1. The minimum Gasteiger partial charge on any atom is -0.462 e. The number of aliphatic hydroxyl groups is 1. The van der Waals surface area contributed by atoms with Crippen LogP contribution in [-0.2, 0) is 16.0 Å². The van der Waals surface area contributed by atoms with Gasteiger partial charge >= 0.3 is 5.97 Å². The van der Waals surface area contributed by atoms with Crippen molar-refractivity contribution in [2.45, 2.75) is 12.8 Å². The van der Waals surface area contributed by atoms with Crippen LogP contribution < -0.4 is 4.90 Å². The van der Waals surface area contributed by atoms with Gasteiger partial charge in [-0.25, -0.2) is 4.79 Å². The zero-order valence-corrected chi connectivity index (χ0v) is 10.2. The first kappa shape index (κ1) is 12.6. The van der Waals surface area contributed by atoms with Crippen molar-refractivity contribution >= 4 is 17.6 Å². The van der Waals surface area contributed by atoms with Gasteiger partial charge in [0, 0.05) is 25.8 Å². The summed E-state index contributed by atoms with van der Waals surface area (Å²) in [4.78, 5) is 24.8. The number of fused-ring (bicyclic) bond motifs is 1. The molecule has 0 saturated heterocycles. The topological polar surface area (TPSA) is 66.8 Å². The van der Waals surface area contributed by atoms with Crippen LogP contribution in [0.5, 0.6) is 0 Å². The van der Waals surface area contributed by atoms with E-state index in [4.69, 9.17) is 9.84 Å². The number of amides is 1. The maximum absolute atomic E-state index is 11.7. The summed E-state index contributed by atoms with van der Waals surface area (Å²) in [6.07, 6.45) is 0.751. The molecule has 1 N–H and O–H groups in total. The van der Waals surface area contributed by atoms with E-state index in [-0.39, 0.29) is 19.1 Å². The van der Waals surface area contributed by atoms with Crippen molar-refractivity contribution in [2.24, 2.45) is 0 Å². The van der Waals surface area contributed by atoms with Crippen LogP contribution in [-0.4, -0.2) is 37.2 Å². The standard InChI is InChI=1S/C13H15NO4/c1-14-11-4-3-9(7-10(11)8-12(14)16)13(17)18-6-2-5-15/h3-4,7,15H,2,5-6,8H2,1H3. The highest BCUT2D eigenvalue weighted by Gasteiger charge is 2.24. The molecule has 0 atom stereocenters. The van der Waals surface area contributed by atoms with Gasteiger partial charge in [-0.15, -0.1) is 0 Å². The molecule has 1 aliphatic heterocycles. The Morgan fingerprint density at radius 3 is 3.00 bits per heavy atom. The van der Waals surface area contributed by atoms with E-state index in [0.29, 0.717) is 18.4 Å². The van der Waals surface area contributed by atoms with E-state index in [1.807, 2.05) is 0 Å². The molecule has 0 aromatic heterocycles. The smallest absolute Gasteiger partial charge is 0.338 e. The first-order chi connectivity index (χ1) is 8.63. The van der Waals surface area contributed by atoms with Crippen LogP contribution in [0, 0.1) is 0 Å². The predicted octanol–water partition coefficient (Wildman–Crippen LogP) is 0.745. The van der Waals surface area contributed by atoms with Crippen LogP contribution in [0.15, 0.2) is 18.2 Å². The summed E-state index contributed by atoms with van der Waals surface area (Å²) < 4.78 is 4.98. The van der Waals surface area contributed by atoms with E-state index in [0.717, 1.165) is 11.3 Å². The number of likely N-dealkylation sites (N-methyl/N-ethyl adjacent to an activating group) is 1. The molecule has 0 aliphatic carbocycles. The van der Waals surface area contributed by atoms with Crippen molar-refractivity contribution in [1.29, 1.82) is 0 Å². The number of rotatable bonds is 4. The third kappa shape index (κ3) is 2.36. The fourth-order valence-corrected chi connectivity index (χ4v) is 1.91. The number of benzene rings is 1. The first-order valence-electron chi connectivity index (χ1n) is 5.81. The molecular weight excluding hydrogens is 234 g/mol. The molecule has 1 heterocycles. The van der Waals surface area contributed by atoms with E-state index in [1.54, 1.807) is 30.1 Å². The van der Waals surface area contributed by atoms with E-state index < -0.39 is 5.97 Å². The Morgan fingerprint density at radius 2 is 2.28 bits per heavy atom. The SMILES string of the molecule is CN1C(=O)Cc2cc(C(=O)OCCCO)ccc21. The van der Waals surface area contributed by atoms with Crippen LogP contribution >= 0.6 is 0 Å². The molecular formula is C13H15NO4. The molecule has 1 aromatic carbocycles. The van der Waals surface area contributed by atoms with Gasteiger partial charge in [-0.2, -0.15) is 0 Å². The molecule has 0 radical (unpaired) electrons. The van der Waals surface area contributed by atoms with Crippen LogP contribution in [0.2, 0.25) is 0 Å². The van der Waals surface area contributed by atoms with Crippen molar-refractivity contribution in [3.8, 4) is 0 Å². The third-order valence-electron chi connectivity index (χ3n) is 2.93. The molecule has 0 bridgehead atoms. The van der Waals surface area contributed by atoms with Gasteiger partial charge in [-0.1, -0.05) is 0 Å². The third-order valence-corrected chi connectivity index (χ3v) is 2.93. The summed E-state index contributed by atoms with van der Waals surface area (Å²) in [5.74, 6) is -0.399. The van der Waals surface area contributed by atoms with Gasteiger partial charge in [0.25, 0.3) is 0 Å². The Morgan fingerprint density at radius 1 is 1.50 bits per heavy atom. The molecule has 1 amide bonds. The van der Waals surface area contributed by atoms with Gasteiger partial charge in [0.2, 0.25) is 5.91 Å². The van der Waals surface area contributed by atoms with Crippen LogP contribution in [0.1, 0.15) is 22.3 Å². The van der Waals surface area contributed by atoms with Gasteiger partial charge in [0.05, 0.1) is 18.6 Å². The fraction of sp³-hybridized carbons (Fsp3) is 0.385. The van der Waals surface area contributed by atoms with E-state index in [1.165, 1.54) is 0 Å². The van der Waals surface area contributed by atoms with E-state index in [2.05, 4.69) is 0 Å². The maximum atomic E-state index is 11.7. The van der Waals surface area contributed by atoms with Crippen LogP contribution in [0.4, 0.5) is 5.69 Å². The number of esters is 1. The minimum absolute atomic E-state index is 0.00321. The van der Waals surface area contributed by atoms with Gasteiger partial charge < -0.3 is 14.7 Å². The number of ether oxygens (including phenoxy) is 1. The molecule has 2 rings (SSSR count). The lowest BCUT2D eigenvalue weighted by Crippen LogP contribution is -2.20. The zero-order chi connectivity index (χ0) is 13.1. The van der Waals surface area contributed by atoms with Crippen molar-refractivity contribution in [3.63, 3.8) is 0 Å². The number of anilines is 1. The quantitative estimate of drug-likeness (QED) is 0.631. The summed E-state index contributed by atoms with van der Waals surface area (Å²) in [6, 6.07) is 5.09. The van der Waals surface area contributed by atoms with Crippen molar-refractivity contribution in [1.82, 2.24) is 0 Å². The lowest BCUT2D eigenvalue weighted by atomic mass is 10.1. The second-order valence-electron chi connectivity index (χ2n) is 4.19. The monoisotopic (exact) mass is 249 g/mol. The van der Waals surface area contributed by atoms with Gasteiger partial charge in [0.15, 0.2) is 0 Å². The Bertz CT molecular complexity index is 484. The van der Waals surface area contributed by atoms with Crippen LogP contribution in [0.3, 0.4) is 0 Å². The van der Waals surface area contributed by atoms with Gasteiger partial charge in [-0.3, -0.25) is 4.79 Å². The molecule has 0 unspecified atom stereocenters. The van der Waals surface area contributed by atoms with Crippen molar-refractivity contribution < 1.29 is 19.4 Å². The average Bonchev–Trinajstić information content (AvgIpc) is 2.65. The molecule has 0 saturated carbocycles. The largest absolute Gasteiger partial charge is 0.462 e. The highest BCUT2D eigenvalue weighted by Crippen LogP contribution is 2.28. The molecule has 5 nitrogen and oxygen atoms in total. The lowest BCUT2D eigenvalue weighted by molar-refractivity contribution is -0.117. The Hall–Kier alpha value is -1.88. The summed E-state index contributed by atoms with van der Waals surface area (Å²) in [5.41, 5.74) is 2.13. The summed E-state index contributed by atoms with van der Waals surface area (Å²) in [7, 11) is 1.72. The number of hydrogen-bond acceptors (Lipinski definition) is 4. The Kier molecular flexibility index (Phi) is 3.62. The van der Waals surface area contributed by atoms with Crippen molar-refractivity contribution in [3.05, 3.63) is 29.3 Å². The fourth-order valence-electron chi connectivity index (χ4n) is 1.91. The molecule has 18 heavy (non-hydrogen) atoms. The van der Waals surface area contributed by atoms with Crippen molar-refractivity contribution in [2.75, 3.05) is 25.2 Å². The Labute approximate surface area is 105 Å². The predicted molar refractivity (Wildman–Crippen MR) is 65.5 cm³/mol. The molecule has 0 fully saturated rings. The molecule has 5 heteroatoms. The maximum Gasteiger partial charge on any atom is 0.338 e. The number of carbonyl (C=O) groups is 2. The second kappa shape index (κ2) is 5.18. The summed E-state index contributed by atoms with van der Waals surface area (Å²) in [5, 5.41) is 8.60. The zero-order valence-electron chi connectivity index (χ0n) is 10.2. The highest BCUT2D eigenvalue weighted by molar-refractivity contribution is 6.02.